The molecular weight excluding hydrogens is 296 g/mol. The third kappa shape index (κ3) is 3.78. The van der Waals surface area contributed by atoms with Gasteiger partial charge in [-0.05, 0) is 42.7 Å². The molecule has 0 aliphatic carbocycles. The van der Waals surface area contributed by atoms with Crippen LogP contribution >= 0.6 is 35.1 Å². The van der Waals surface area contributed by atoms with E-state index in [-0.39, 0.29) is 5.78 Å². The molecule has 0 atom stereocenters. The topological polar surface area (TPSA) is 17.1 Å². The second kappa shape index (κ2) is 7.04. The molecule has 0 heterocycles. The van der Waals surface area contributed by atoms with Crippen molar-refractivity contribution in [1.29, 1.82) is 0 Å². The van der Waals surface area contributed by atoms with Crippen LogP contribution in [0.3, 0.4) is 0 Å². The maximum atomic E-state index is 12.5. The third-order valence-corrected chi connectivity index (χ3v) is 4.90. The van der Waals surface area contributed by atoms with Crippen molar-refractivity contribution in [2.45, 2.75) is 4.90 Å². The summed E-state index contributed by atoms with van der Waals surface area (Å²) in [4.78, 5) is 13.5. The standard InChI is InChI=1S/C15H13ClOS2/c1-18-10-19-14-5-3-2-4-13(14)15(17)11-6-8-12(16)9-7-11/h2-9H,10H2,1H3. The number of ketones is 1. The molecule has 1 nitrogen and oxygen atoms in total. The lowest BCUT2D eigenvalue weighted by molar-refractivity contribution is 0.103. The molecule has 0 aliphatic rings. The highest BCUT2D eigenvalue weighted by molar-refractivity contribution is 8.15. The van der Waals surface area contributed by atoms with E-state index < -0.39 is 0 Å². The van der Waals surface area contributed by atoms with E-state index >= 15 is 0 Å². The van der Waals surface area contributed by atoms with Crippen molar-refractivity contribution in [3.63, 3.8) is 0 Å². The molecule has 0 saturated carbocycles. The molecule has 4 heteroatoms. The van der Waals surface area contributed by atoms with E-state index in [0.29, 0.717) is 10.6 Å². The van der Waals surface area contributed by atoms with Crippen molar-refractivity contribution in [2.24, 2.45) is 0 Å². The smallest absolute Gasteiger partial charge is 0.194 e. The van der Waals surface area contributed by atoms with Gasteiger partial charge in [0, 0.05) is 26.1 Å². The van der Waals surface area contributed by atoms with Crippen molar-refractivity contribution < 1.29 is 4.79 Å². The summed E-state index contributed by atoms with van der Waals surface area (Å²) in [5, 5.41) is 1.58. The number of halogens is 1. The highest BCUT2D eigenvalue weighted by Crippen LogP contribution is 2.27. The Hall–Kier alpha value is -0.900. The zero-order valence-corrected chi connectivity index (χ0v) is 12.8. The Bertz CT molecular complexity index is 567. The average molecular weight is 309 g/mol. The Morgan fingerprint density at radius 1 is 1.11 bits per heavy atom. The van der Waals surface area contributed by atoms with Crippen molar-refractivity contribution in [1.82, 2.24) is 0 Å². The first-order chi connectivity index (χ1) is 9.22. The van der Waals surface area contributed by atoms with E-state index in [0.717, 1.165) is 15.5 Å². The number of hydrogen-bond donors (Lipinski definition) is 0. The monoisotopic (exact) mass is 308 g/mol. The Morgan fingerprint density at radius 2 is 1.79 bits per heavy atom. The van der Waals surface area contributed by atoms with Gasteiger partial charge in [-0.1, -0.05) is 23.7 Å². The minimum atomic E-state index is 0.0425. The van der Waals surface area contributed by atoms with Crippen LogP contribution < -0.4 is 0 Å². The Labute approximate surface area is 126 Å². The first kappa shape index (κ1) is 14.5. The van der Waals surface area contributed by atoms with Crippen LogP contribution in [0.4, 0.5) is 0 Å². The number of benzene rings is 2. The Balaban J connectivity index is 2.30. The molecule has 2 aromatic rings. The van der Waals surface area contributed by atoms with Gasteiger partial charge in [0.25, 0.3) is 0 Å². The molecule has 0 aromatic heterocycles. The highest BCUT2D eigenvalue weighted by Gasteiger charge is 2.13. The van der Waals surface area contributed by atoms with Crippen LogP contribution in [0.2, 0.25) is 5.02 Å². The van der Waals surface area contributed by atoms with Gasteiger partial charge >= 0.3 is 0 Å². The number of rotatable bonds is 5. The minimum absolute atomic E-state index is 0.0425. The van der Waals surface area contributed by atoms with Gasteiger partial charge in [-0.3, -0.25) is 4.79 Å². The average Bonchev–Trinajstić information content (AvgIpc) is 2.45. The van der Waals surface area contributed by atoms with Crippen LogP contribution in [0.15, 0.2) is 53.4 Å². The quantitative estimate of drug-likeness (QED) is 0.440. The molecule has 0 radical (unpaired) electrons. The third-order valence-electron chi connectivity index (χ3n) is 2.57. The van der Waals surface area contributed by atoms with Crippen molar-refractivity contribution in [3.05, 3.63) is 64.7 Å². The number of hydrogen-bond acceptors (Lipinski definition) is 3. The lowest BCUT2D eigenvalue weighted by Crippen LogP contribution is -2.02. The zero-order chi connectivity index (χ0) is 13.7. The Morgan fingerprint density at radius 3 is 2.47 bits per heavy atom. The molecule has 0 aliphatic heterocycles. The molecule has 0 amide bonds. The Kier molecular flexibility index (Phi) is 5.37. The van der Waals surface area contributed by atoms with Gasteiger partial charge in [0.15, 0.2) is 5.78 Å². The molecule has 98 valence electrons. The molecule has 19 heavy (non-hydrogen) atoms. The van der Waals surface area contributed by atoms with Crippen LogP contribution in [-0.2, 0) is 0 Å². The van der Waals surface area contributed by atoms with Gasteiger partial charge in [-0.15, -0.1) is 11.8 Å². The zero-order valence-electron chi connectivity index (χ0n) is 10.4. The molecule has 0 spiro atoms. The lowest BCUT2D eigenvalue weighted by Gasteiger charge is -2.07. The highest BCUT2D eigenvalue weighted by atomic mass is 35.5. The first-order valence-corrected chi connectivity index (χ1v) is 8.49. The van der Waals surface area contributed by atoms with Crippen molar-refractivity contribution >= 4 is 40.9 Å². The molecular formula is C15H13ClOS2. The summed E-state index contributed by atoms with van der Waals surface area (Å²) < 4.78 is 0. The maximum absolute atomic E-state index is 12.5. The van der Waals surface area contributed by atoms with Crippen LogP contribution in [0.5, 0.6) is 0 Å². The van der Waals surface area contributed by atoms with E-state index in [1.807, 2.05) is 24.3 Å². The van der Waals surface area contributed by atoms with Crippen LogP contribution in [0, 0.1) is 0 Å². The van der Waals surface area contributed by atoms with Gasteiger partial charge in [-0.25, -0.2) is 0 Å². The number of thioether (sulfide) groups is 2. The summed E-state index contributed by atoms with van der Waals surface area (Å²) >= 11 is 9.28. The minimum Gasteiger partial charge on any atom is -0.289 e. The fraction of sp³-hybridized carbons (Fsp3) is 0.133. The van der Waals surface area contributed by atoms with Gasteiger partial charge < -0.3 is 0 Å². The van der Waals surface area contributed by atoms with Crippen LogP contribution in [0.1, 0.15) is 15.9 Å². The summed E-state index contributed by atoms with van der Waals surface area (Å²) in [6.45, 7) is 0. The van der Waals surface area contributed by atoms with E-state index in [9.17, 15) is 4.79 Å². The summed E-state index contributed by atoms with van der Waals surface area (Å²) in [6.07, 6.45) is 2.05. The normalized spacial score (nSPS) is 10.4. The lowest BCUT2D eigenvalue weighted by atomic mass is 10.0. The number of carbonyl (C=O) groups excluding carboxylic acids is 1. The SMILES string of the molecule is CSCSc1ccccc1C(=O)c1ccc(Cl)cc1. The predicted octanol–water partition coefficient (Wildman–Crippen LogP) is 4.98. The molecule has 0 bridgehead atoms. The van der Waals surface area contributed by atoms with Gasteiger partial charge in [-0.2, -0.15) is 11.8 Å². The van der Waals surface area contributed by atoms with Gasteiger partial charge in [0.2, 0.25) is 0 Å². The maximum Gasteiger partial charge on any atom is 0.194 e. The van der Waals surface area contributed by atoms with E-state index in [4.69, 9.17) is 11.6 Å². The molecule has 0 N–H and O–H groups in total. The summed E-state index contributed by atoms with van der Waals surface area (Å²) in [5.41, 5.74) is 1.42. The summed E-state index contributed by atoms with van der Waals surface area (Å²) in [7, 11) is 0. The second-order valence-electron chi connectivity index (χ2n) is 3.88. The van der Waals surface area contributed by atoms with Gasteiger partial charge in [0.1, 0.15) is 0 Å². The molecule has 0 fully saturated rings. The summed E-state index contributed by atoms with van der Waals surface area (Å²) in [6, 6.07) is 14.7. The first-order valence-electron chi connectivity index (χ1n) is 5.73. The fourth-order valence-corrected chi connectivity index (χ4v) is 3.26. The second-order valence-corrected chi connectivity index (χ2v) is 6.57. The molecule has 2 rings (SSSR count). The molecule has 2 aromatic carbocycles. The summed E-state index contributed by atoms with van der Waals surface area (Å²) in [5.74, 6) is 0.0425. The molecule has 0 saturated heterocycles. The van der Waals surface area contributed by atoms with Crippen molar-refractivity contribution in [3.8, 4) is 0 Å². The van der Waals surface area contributed by atoms with Crippen LogP contribution in [-0.4, -0.2) is 17.1 Å². The molecule has 0 unspecified atom stereocenters. The van der Waals surface area contributed by atoms with E-state index in [2.05, 4.69) is 6.26 Å². The largest absolute Gasteiger partial charge is 0.289 e. The fourth-order valence-electron chi connectivity index (χ4n) is 1.66. The van der Waals surface area contributed by atoms with Crippen LogP contribution in [0.25, 0.3) is 0 Å². The van der Waals surface area contributed by atoms with E-state index in [1.54, 1.807) is 47.8 Å². The van der Waals surface area contributed by atoms with Gasteiger partial charge in [0.05, 0.1) is 0 Å². The number of carbonyl (C=O) groups is 1. The van der Waals surface area contributed by atoms with Crippen molar-refractivity contribution in [2.75, 3.05) is 11.3 Å². The van der Waals surface area contributed by atoms with E-state index in [1.165, 1.54) is 0 Å². The predicted molar refractivity (Wildman–Crippen MR) is 85.6 cm³/mol.